The minimum absolute atomic E-state index is 0.00336. The maximum Gasteiger partial charge on any atom is 0.408 e. The van der Waals surface area contributed by atoms with Crippen molar-refractivity contribution in [1.82, 2.24) is 15.1 Å². The highest BCUT2D eigenvalue weighted by atomic mass is 16.5. The van der Waals surface area contributed by atoms with Crippen molar-refractivity contribution in [2.45, 2.75) is 32.5 Å². The Balaban J connectivity index is 1.97. The zero-order chi connectivity index (χ0) is 16.9. The number of amides is 1. The number of hydrogen-bond acceptors (Lipinski definition) is 4. The van der Waals surface area contributed by atoms with E-state index in [-0.39, 0.29) is 13.2 Å². The molecule has 7 heteroatoms. The molecule has 2 aromatic rings. The Bertz CT molecular complexity index is 684. The van der Waals surface area contributed by atoms with E-state index in [1.54, 1.807) is 19.2 Å². The Morgan fingerprint density at radius 2 is 2.00 bits per heavy atom. The van der Waals surface area contributed by atoms with Crippen LogP contribution in [0.1, 0.15) is 18.2 Å². The highest BCUT2D eigenvalue weighted by molar-refractivity contribution is 5.83. The molecule has 0 aliphatic rings. The largest absolute Gasteiger partial charge is 0.479 e. The zero-order valence-corrected chi connectivity index (χ0v) is 13.0. The summed E-state index contributed by atoms with van der Waals surface area (Å²) in [6.45, 7) is 3.28. The van der Waals surface area contributed by atoms with Gasteiger partial charge in [0.2, 0.25) is 0 Å². The van der Waals surface area contributed by atoms with E-state index in [0.717, 1.165) is 11.3 Å². The van der Waals surface area contributed by atoms with E-state index in [2.05, 4.69) is 10.4 Å². The van der Waals surface area contributed by atoms with Crippen molar-refractivity contribution in [3.8, 4) is 0 Å². The second kappa shape index (κ2) is 6.95. The first-order chi connectivity index (χ1) is 10.9. The van der Waals surface area contributed by atoms with Crippen LogP contribution < -0.4 is 5.32 Å². The van der Waals surface area contributed by atoms with Crippen LogP contribution in [0.5, 0.6) is 0 Å². The zero-order valence-electron chi connectivity index (χ0n) is 13.0. The number of aryl methyl sites for hydroxylation is 1. The quantitative estimate of drug-likeness (QED) is 0.849. The van der Waals surface area contributed by atoms with E-state index < -0.39 is 17.6 Å². The number of ether oxygens (including phenoxy) is 1. The van der Waals surface area contributed by atoms with Gasteiger partial charge in [-0.15, -0.1) is 0 Å². The monoisotopic (exact) mass is 317 g/mol. The number of rotatable bonds is 6. The molecule has 1 aromatic heterocycles. The Morgan fingerprint density at radius 3 is 2.57 bits per heavy atom. The number of hydrogen-bond donors (Lipinski definition) is 2. The van der Waals surface area contributed by atoms with Crippen molar-refractivity contribution in [2.75, 3.05) is 0 Å². The van der Waals surface area contributed by atoms with Gasteiger partial charge in [0.25, 0.3) is 0 Å². The Hall–Kier alpha value is -2.83. The summed E-state index contributed by atoms with van der Waals surface area (Å²) in [6, 6.07) is 10.9. The number of aliphatic carboxylic acids is 1. The molecule has 0 aliphatic carbocycles. The summed E-state index contributed by atoms with van der Waals surface area (Å²) in [4.78, 5) is 23.4. The molecule has 0 aliphatic heterocycles. The predicted molar refractivity (Wildman–Crippen MR) is 82.8 cm³/mol. The van der Waals surface area contributed by atoms with Crippen LogP contribution in [0.3, 0.4) is 0 Å². The number of benzene rings is 1. The van der Waals surface area contributed by atoms with Crippen molar-refractivity contribution < 1.29 is 19.4 Å². The molecule has 1 amide bonds. The van der Waals surface area contributed by atoms with Crippen molar-refractivity contribution in [1.29, 1.82) is 0 Å². The first-order valence-corrected chi connectivity index (χ1v) is 7.11. The molecule has 23 heavy (non-hydrogen) atoms. The second-order valence-corrected chi connectivity index (χ2v) is 5.48. The highest BCUT2D eigenvalue weighted by Crippen LogP contribution is 2.10. The van der Waals surface area contributed by atoms with Crippen molar-refractivity contribution in [3.05, 3.63) is 53.9 Å². The van der Waals surface area contributed by atoms with Gasteiger partial charge in [0.05, 0.1) is 12.2 Å². The summed E-state index contributed by atoms with van der Waals surface area (Å²) in [6.07, 6.45) is 0.871. The summed E-state index contributed by atoms with van der Waals surface area (Å²) in [5.41, 5.74) is 0.0680. The fourth-order valence-corrected chi connectivity index (χ4v) is 2.02. The van der Waals surface area contributed by atoms with Crippen molar-refractivity contribution in [3.63, 3.8) is 0 Å². The Labute approximate surface area is 133 Å². The van der Waals surface area contributed by atoms with E-state index in [1.165, 1.54) is 11.6 Å². The number of carbonyl (C=O) groups is 2. The summed E-state index contributed by atoms with van der Waals surface area (Å²) < 4.78 is 6.55. The Morgan fingerprint density at radius 1 is 1.30 bits per heavy atom. The molecule has 1 heterocycles. The number of nitrogens with zero attached hydrogens (tertiary/aromatic N) is 2. The molecular weight excluding hydrogens is 298 g/mol. The second-order valence-electron chi connectivity index (χ2n) is 5.48. The van der Waals surface area contributed by atoms with Crippen LogP contribution >= 0.6 is 0 Å². The van der Waals surface area contributed by atoms with Gasteiger partial charge < -0.3 is 15.2 Å². The predicted octanol–water partition coefficient (Wildman–Crippen LogP) is 1.96. The van der Waals surface area contributed by atoms with Crippen LogP contribution in [0.2, 0.25) is 0 Å². The molecule has 0 bridgehead atoms. The number of carboxylic acids is 1. The first kappa shape index (κ1) is 16.5. The molecule has 7 nitrogen and oxygen atoms in total. The van der Waals surface area contributed by atoms with E-state index >= 15 is 0 Å². The lowest BCUT2D eigenvalue weighted by atomic mass is 10.0. The minimum atomic E-state index is -1.52. The third kappa shape index (κ3) is 4.57. The van der Waals surface area contributed by atoms with Gasteiger partial charge in [-0.05, 0) is 25.5 Å². The summed E-state index contributed by atoms with van der Waals surface area (Å²) in [5.74, 6) is -1.16. The molecule has 2 rings (SSSR count). The van der Waals surface area contributed by atoms with Crippen LogP contribution in [0, 0.1) is 6.92 Å². The molecule has 2 N–H and O–H groups in total. The lowest BCUT2D eigenvalue weighted by molar-refractivity contribution is -0.144. The van der Waals surface area contributed by atoms with Gasteiger partial charge in [-0.1, -0.05) is 30.3 Å². The van der Waals surface area contributed by atoms with Gasteiger partial charge in [0.15, 0.2) is 5.54 Å². The Kier molecular flexibility index (Phi) is 5.00. The number of carboxylic acid groups (broad SMARTS) is 1. The minimum Gasteiger partial charge on any atom is -0.479 e. The molecule has 0 saturated heterocycles. The number of nitrogens with one attached hydrogen (secondary N) is 1. The van der Waals surface area contributed by atoms with E-state index in [4.69, 9.17) is 4.74 Å². The SMILES string of the molecule is Cc1ccn(CC(C)(NC(=O)OCc2ccccc2)C(=O)O)n1. The molecule has 1 unspecified atom stereocenters. The fourth-order valence-electron chi connectivity index (χ4n) is 2.02. The van der Waals surface area contributed by atoms with Crippen LogP contribution in [0.15, 0.2) is 42.6 Å². The van der Waals surface area contributed by atoms with Gasteiger partial charge >= 0.3 is 12.1 Å². The fraction of sp³-hybridized carbons (Fsp3) is 0.312. The molecule has 0 radical (unpaired) electrons. The topological polar surface area (TPSA) is 93.5 Å². The average molecular weight is 317 g/mol. The summed E-state index contributed by atoms with van der Waals surface area (Å²) in [7, 11) is 0. The smallest absolute Gasteiger partial charge is 0.408 e. The van der Waals surface area contributed by atoms with Crippen LogP contribution in [0.4, 0.5) is 4.79 Å². The molecule has 0 fully saturated rings. The van der Waals surface area contributed by atoms with E-state index in [1.807, 2.05) is 30.3 Å². The van der Waals surface area contributed by atoms with Crippen LogP contribution in [-0.4, -0.2) is 32.5 Å². The number of carbonyl (C=O) groups excluding carboxylic acids is 1. The maximum atomic E-state index is 11.9. The molecule has 122 valence electrons. The summed E-state index contributed by atoms with van der Waals surface area (Å²) in [5, 5.41) is 16.0. The highest BCUT2D eigenvalue weighted by Gasteiger charge is 2.36. The lowest BCUT2D eigenvalue weighted by Gasteiger charge is -2.25. The lowest BCUT2D eigenvalue weighted by Crippen LogP contribution is -2.55. The van der Waals surface area contributed by atoms with Gasteiger partial charge in [-0.2, -0.15) is 5.10 Å². The normalized spacial score (nSPS) is 13.1. The summed E-state index contributed by atoms with van der Waals surface area (Å²) >= 11 is 0. The number of alkyl carbamates (subject to hydrolysis) is 1. The molecule has 1 aromatic carbocycles. The third-order valence-corrected chi connectivity index (χ3v) is 3.31. The van der Waals surface area contributed by atoms with Gasteiger partial charge in [-0.25, -0.2) is 9.59 Å². The maximum absolute atomic E-state index is 11.9. The molecule has 0 saturated carbocycles. The van der Waals surface area contributed by atoms with Crippen LogP contribution in [-0.2, 0) is 22.7 Å². The first-order valence-electron chi connectivity index (χ1n) is 7.11. The molecule has 0 spiro atoms. The third-order valence-electron chi connectivity index (χ3n) is 3.31. The molecule has 1 atom stereocenters. The van der Waals surface area contributed by atoms with Crippen LogP contribution in [0.25, 0.3) is 0 Å². The standard InChI is InChI=1S/C16H19N3O4/c1-12-8-9-19(18-12)11-16(2,14(20)21)17-15(22)23-10-13-6-4-3-5-7-13/h3-9H,10-11H2,1-2H3,(H,17,22)(H,20,21). The van der Waals surface area contributed by atoms with Gasteiger partial charge in [0.1, 0.15) is 6.61 Å². The van der Waals surface area contributed by atoms with Gasteiger partial charge in [0, 0.05) is 6.20 Å². The van der Waals surface area contributed by atoms with Crippen molar-refractivity contribution >= 4 is 12.1 Å². The molecular formula is C16H19N3O4. The van der Waals surface area contributed by atoms with Crippen molar-refractivity contribution in [2.24, 2.45) is 0 Å². The van der Waals surface area contributed by atoms with Gasteiger partial charge in [-0.3, -0.25) is 4.68 Å². The average Bonchev–Trinajstić information content (AvgIpc) is 2.91. The van der Waals surface area contributed by atoms with E-state index in [9.17, 15) is 14.7 Å². The number of aromatic nitrogens is 2. The van der Waals surface area contributed by atoms with E-state index in [0.29, 0.717) is 0 Å².